The molecule has 5 N–H and O–H groups in total. The van der Waals surface area contributed by atoms with Gasteiger partial charge in [-0.3, -0.25) is 4.79 Å². The van der Waals surface area contributed by atoms with Crippen LogP contribution in [0.4, 0.5) is 11.5 Å². The Balaban J connectivity index is 2.41. The van der Waals surface area contributed by atoms with Gasteiger partial charge in [0.15, 0.2) is 0 Å². The smallest absolute Gasteiger partial charge is 0.236 e. The van der Waals surface area contributed by atoms with Crippen LogP contribution in [0.1, 0.15) is 0 Å². The lowest BCUT2D eigenvalue weighted by atomic mass is 10.2. The number of nitrogens with one attached hydrogen (secondary N) is 1. The van der Waals surface area contributed by atoms with Crippen LogP contribution in [0.3, 0.4) is 0 Å². The Morgan fingerprint density at radius 1 is 1.38 bits per heavy atom. The van der Waals surface area contributed by atoms with Gasteiger partial charge in [0.1, 0.15) is 12.1 Å². The van der Waals surface area contributed by atoms with Crippen LogP contribution in [0.2, 0.25) is 0 Å². The summed E-state index contributed by atoms with van der Waals surface area (Å²) in [7, 11) is 0. The number of amides is 1. The lowest BCUT2D eigenvalue weighted by molar-refractivity contribution is -0.116. The van der Waals surface area contributed by atoms with Crippen molar-refractivity contribution in [3.8, 4) is 0 Å². The fourth-order valence-corrected chi connectivity index (χ4v) is 1.39. The number of aromatic nitrogens is 2. The molecule has 0 unspecified atom stereocenters. The summed E-state index contributed by atoms with van der Waals surface area (Å²) in [5.41, 5.74) is 12.0. The third kappa shape index (κ3) is 2.00. The van der Waals surface area contributed by atoms with E-state index < -0.39 is 5.91 Å². The van der Waals surface area contributed by atoms with E-state index in [1.165, 1.54) is 6.33 Å². The standard InChI is InChI=1S/C10H11N5O/c11-6-1-2-7-8(3-6)14-5-15-10(7)13-4-9(12)16/h1-3,5H,4,11H2,(H2,12,16)(H,13,14,15). The van der Waals surface area contributed by atoms with Gasteiger partial charge in [0.05, 0.1) is 12.1 Å². The van der Waals surface area contributed by atoms with Crippen molar-refractivity contribution in [2.75, 3.05) is 17.6 Å². The van der Waals surface area contributed by atoms with Gasteiger partial charge in [-0.2, -0.15) is 0 Å². The molecule has 0 aliphatic rings. The Kier molecular flexibility index (Phi) is 2.55. The monoisotopic (exact) mass is 217 g/mol. The van der Waals surface area contributed by atoms with E-state index in [2.05, 4.69) is 15.3 Å². The first kappa shape index (κ1) is 10.2. The minimum atomic E-state index is -0.442. The molecule has 0 spiro atoms. The van der Waals surface area contributed by atoms with E-state index >= 15 is 0 Å². The van der Waals surface area contributed by atoms with Gasteiger partial charge in [0.25, 0.3) is 0 Å². The van der Waals surface area contributed by atoms with Gasteiger partial charge in [-0.25, -0.2) is 9.97 Å². The van der Waals surface area contributed by atoms with Gasteiger partial charge in [0, 0.05) is 11.1 Å². The number of rotatable bonds is 3. The Labute approximate surface area is 91.7 Å². The van der Waals surface area contributed by atoms with E-state index in [-0.39, 0.29) is 6.54 Å². The predicted octanol–water partition coefficient (Wildman–Crippen LogP) is 0.109. The maximum Gasteiger partial charge on any atom is 0.236 e. The van der Waals surface area contributed by atoms with Crippen molar-refractivity contribution < 1.29 is 4.79 Å². The van der Waals surface area contributed by atoms with E-state index in [0.717, 1.165) is 10.9 Å². The fourth-order valence-electron chi connectivity index (χ4n) is 1.39. The molecule has 2 aromatic rings. The highest BCUT2D eigenvalue weighted by Crippen LogP contribution is 2.20. The number of nitrogens with zero attached hydrogens (tertiary/aromatic N) is 2. The van der Waals surface area contributed by atoms with E-state index in [9.17, 15) is 4.79 Å². The average molecular weight is 217 g/mol. The number of hydrogen-bond donors (Lipinski definition) is 3. The molecular formula is C10H11N5O. The number of nitrogens with two attached hydrogens (primary N) is 2. The summed E-state index contributed by atoms with van der Waals surface area (Å²) in [5, 5.41) is 3.64. The topological polar surface area (TPSA) is 107 Å². The Hall–Kier alpha value is -2.37. The number of nitrogen functional groups attached to an aromatic ring is 1. The summed E-state index contributed by atoms with van der Waals surface area (Å²) in [6, 6.07) is 5.29. The molecular weight excluding hydrogens is 206 g/mol. The number of anilines is 2. The molecule has 0 bridgehead atoms. The van der Waals surface area contributed by atoms with Crippen LogP contribution in [0.5, 0.6) is 0 Å². The van der Waals surface area contributed by atoms with Gasteiger partial charge in [-0.05, 0) is 18.2 Å². The molecule has 0 aliphatic carbocycles. The van der Waals surface area contributed by atoms with Crippen molar-refractivity contribution in [2.24, 2.45) is 5.73 Å². The van der Waals surface area contributed by atoms with Gasteiger partial charge in [0.2, 0.25) is 5.91 Å². The normalized spacial score (nSPS) is 10.2. The number of benzene rings is 1. The first-order valence-corrected chi connectivity index (χ1v) is 4.69. The lowest BCUT2D eigenvalue weighted by Crippen LogP contribution is -2.22. The third-order valence-electron chi connectivity index (χ3n) is 2.09. The molecule has 0 radical (unpaired) electrons. The molecule has 1 heterocycles. The van der Waals surface area contributed by atoms with Crippen LogP contribution >= 0.6 is 0 Å². The van der Waals surface area contributed by atoms with Crippen molar-refractivity contribution in [2.45, 2.75) is 0 Å². The van der Waals surface area contributed by atoms with Crippen LogP contribution in [-0.2, 0) is 4.79 Å². The highest BCUT2D eigenvalue weighted by Gasteiger charge is 2.04. The molecule has 0 fully saturated rings. The van der Waals surface area contributed by atoms with Gasteiger partial charge >= 0.3 is 0 Å². The molecule has 0 atom stereocenters. The Morgan fingerprint density at radius 2 is 2.19 bits per heavy atom. The maximum atomic E-state index is 10.7. The van der Waals surface area contributed by atoms with Crippen molar-refractivity contribution in [3.63, 3.8) is 0 Å². The van der Waals surface area contributed by atoms with E-state index in [4.69, 9.17) is 11.5 Å². The second-order valence-corrected chi connectivity index (χ2v) is 3.32. The van der Waals surface area contributed by atoms with Gasteiger partial charge in [-0.1, -0.05) is 0 Å². The summed E-state index contributed by atoms with van der Waals surface area (Å²) in [6.07, 6.45) is 1.41. The third-order valence-corrected chi connectivity index (χ3v) is 2.09. The maximum absolute atomic E-state index is 10.7. The average Bonchev–Trinajstić information content (AvgIpc) is 2.25. The SMILES string of the molecule is NC(=O)CNc1ncnc2cc(N)ccc12. The van der Waals surface area contributed by atoms with Crippen LogP contribution in [0, 0.1) is 0 Å². The molecule has 0 saturated heterocycles. The summed E-state index contributed by atoms with van der Waals surface area (Å²) in [6.45, 7) is 0.0382. The molecule has 0 saturated carbocycles. The second-order valence-electron chi connectivity index (χ2n) is 3.32. The molecule has 1 amide bonds. The van der Waals surface area contributed by atoms with Crippen molar-refractivity contribution >= 4 is 28.3 Å². The number of fused-ring (bicyclic) bond motifs is 1. The minimum absolute atomic E-state index is 0.0382. The zero-order valence-corrected chi connectivity index (χ0v) is 8.47. The Bertz CT molecular complexity index is 540. The molecule has 1 aromatic heterocycles. The summed E-state index contributed by atoms with van der Waals surface area (Å²) < 4.78 is 0. The zero-order valence-electron chi connectivity index (χ0n) is 8.47. The molecule has 6 heteroatoms. The highest BCUT2D eigenvalue weighted by molar-refractivity contribution is 5.92. The number of primary amides is 1. The van der Waals surface area contributed by atoms with E-state index in [1.54, 1.807) is 18.2 Å². The number of carbonyl (C=O) groups is 1. The van der Waals surface area contributed by atoms with Crippen LogP contribution in [0.25, 0.3) is 10.9 Å². The molecule has 2 rings (SSSR count). The Morgan fingerprint density at radius 3 is 2.94 bits per heavy atom. The zero-order chi connectivity index (χ0) is 11.5. The van der Waals surface area contributed by atoms with Crippen molar-refractivity contribution in [1.29, 1.82) is 0 Å². The summed E-state index contributed by atoms with van der Waals surface area (Å²) in [5.74, 6) is 0.131. The lowest BCUT2D eigenvalue weighted by Gasteiger charge is -2.06. The largest absolute Gasteiger partial charge is 0.399 e. The second kappa shape index (κ2) is 4.01. The van der Waals surface area contributed by atoms with Gasteiger partial charge in [-0.15, -0.1) is 0 Å². The quantitative estimate of drug-likeness (QED) is 0.632. The van der Waals surface area contributed by atoms with Gasteiger partial charge < -0.3 is 16.8 Å². The first-order valence-electron chi connectivity index (χ1n) is 4.69. The minimum Gasteiger partial charge on any atom is -0.399 e. The first-order chi connectivity index (χ1) is 7.66. The van der Waals surface area contributed by atoms with Crippen molar-refractivity contribution in [1.82, 2.24) is 9.97 Å². The molecule has 82 valence electrons. The summed E-state index contributed by atoms with van der Waals surface area (Å²) >= 11 is 0. The number of carbonyl (C=O) groups excluding carboxylic acids is 1. The van der Waals surface area contributed by atoms with Crippen LogP contribution in [0.15, 0.2) is 24.5 Å². The molecule has 16 heavy (non-hydrogen) atoms. The highest BCUT2D eigenvalue weighted by atomic mass is 16.1. The van der Waals surface area contributed by atoms with E-state index in [0.29, 0.717) is 11.5 Å². The molecule has 0 aliphatic heterocycles. The number of hydrogen-bond acceptors (Lipinski definition) is 5. The fraction of sp³-hybridized carbons (Fsp3) is 0.100. The summed E-state index contributed by atoms with van der Waals surface area (Å²) in [4.78, 5) is 18.8. The predicted molar refractivity (Wildman–Crippen MR) is 61.6 cm³/mol. The van der Waals surface area contributed by atoms with Crippen LogP contribution < -0.4 is 16.8 Å². The van der Waals surface area contributed by atoms with E-state index in [1.807, 2.05) is 0 Å². The molecule has 6 nitrogen and oxygen atoms in total. The van der Waals surface area contributed by atoms with Crippen molar-refractivity contribution in [3.05, 3.63) is 24.5 Å². The van der Waals surface area contributed by atoms with Crippen LogP contribution in [-0.4, -0.2) is 22.4 Å². The molecule has 1 aromatic carbocycles.